The summed E-state index contributed by atoms with van der Waals surface area (Å²) in [5.74, 6) is 1.85. The summed E-state index contributed by atoms with van der Waals surface area (Å²) in [7, 11) is 7.87. The van der Waals surface area contributed by atoms with Crippen LogP contribution in [0.4, 0.5) is 0 Å². The number of nitrogens with zero attached hydrogens (tertiary/aromatic N) is 2. The van der Waals surface area contributed by atoms with Gasteiger partial charge in [-0.2, -0.15) is 4.99 Å². The van der Waals surface area contributed by atoms with Gasteiger partial charge in [0.25, 0.3) is 5.91 Å². The maximum absolute atomic E-state index is 13.1. The van der Waals surface area contributed by atoms with E-state index in [2.05, 4.69) is 4.99 Å². The topological polar surface area (TPSA) is 80.5 Å². The third-order valence-corrected chi connectivity index (χ3v) is 5.64. The Kier molecular flexibility index (Phi) is 6.96. The number of benzene rings is 2. The summed E-state index contributed by atoms with van der Waals surface area (Å²) in [6, 6.07) is 8.67. The van der Waals surface area contributed by atoms with Crippen molar-refractivity contribution in [1.82, 2.24) is 4.57 Å². The molecule has 8 nitrogen and oxygen atoms in total. The van der Waals surface area contributed by atoms with Crippen LogP contribution in [0.25, 0.3) is 10.2 Å². The Morgan fingerprint density at radius 3 is 2.23 bits per heavy atom. The van der Waals surface area contributed by atoms with Crippen LogP contribution in [-0.4, -0.2) is 52.6 Å². The van der Waals surface area contributed by atoms with E-state index in [1.807, 2.05) is 16.7 Å². The van der Waals surface area contributed by atoms with Gasteiger partial charge < -0.3 is 28.3 Å². The molecule has 3 rings (SSSR count). The normalized spacial score (nSPS) is 11.6. The Balaban J connectivity index is 2.24. The molecule has 9 heteroatoms. The summed E-state index contributed by atoms with van der Waals surface area (Å²) in [5, 5.41) is 0. The lowest BCUT2D eigenvalue weighted by Crippen LogP contribution is -2.19. The third kappa shape index (κ3) is 4.12. The van der Waals surface area contributed by atoms with Crippen LogP contribution in [0.2, 0.25) is 0 Å². The van der Waals surface area contributed by atoms with E-state index in [1.54, 1.807) is 39.5 Å². The molecule has 0 radical (unpaired) electrons. The van der Waals surface area contributed by atoms with Gasteiger partial charge in [0.2, 0.25) is 0 Å². The fourth-order valence-electron chi connectivity index (χ4n) is 3.06. The number of rotatable bonds is 8. The highest BCUT2D eigenvalue weighted by Gasteiger charge is 2.18. The molecule has 0 atom stereocenters. The van der Waals surface area contributed by atoms with Gasteiger partial charge in [0.15, 0.2) is 4.80 Å². The molecule has 0 aliphatic carbocycles. The van der Waals surface area contributed by atoms with Crippen LogP contribution in [-0.2, 0) is 11.3 Å². The van der Waals surface area contributed by atoms with Gasteiger partial charge in [0.05, 0.1) is 40.6 Å². The van der Waals surface area contributed by atoms with Gasteiger partial charge in [-0.15, -0.1) is 0 Å². The number of aromatic nitrogens is 1. The molecule has 0 bridgehead atoms. The molecule has 0 unspecified atom stereocenters. The van der Waals surface area contributed by atoms with Crippen LogP contribution < -0.4 is 23.7 Å². The van der Waals surface area contributed by atoms with E-state index in [4.69, 9.17) is 23.7 Å². The van der Waals surface area contributed by atoms with Crippen LogP contribution in [0, 0.1) is 0 Å². The molecule has 2 aromatic carbocycles. The lowest BCUT2D eigenvalue weighted by atomic mass is 10.2. The number of carbonyl (C=O) groups excluding carboxylic acids is 1. The van der Waals surface area contributed by atoms with Gasteiger partial charge in [-0.25, -0.2) is 0 Å². The fourth-order valence-corrected chi connectivity index (χ4v) is 4.22. The van der Waals surface area contributed by atoms with E-state index >= 15 is 0 Å². The van der Waals surface area contributed by atoms with Crippen molar-refractivity contribution in [3.63, 3.8) is 0 Å². The van der Waals surface area contributed by atoms with Crippen molar-refractivity contribution in [3.05, 3.63) is 40.7 Å². The van der Waals surface area contributed by atoms with Crippen molar-refractivity contribution in [2.45, 2.75) is 6.54 Å². The van der Waals surface area contributed by atoms with Crippen molar-refractivity contribution in [2.24, 2.45) is 4.99 Å². The van der Waals surface area contributed by atoms with Gasteiger partial charge in [-0.1, -0.05) is 11.3 Å². The first-order valence-corrected chi connectivity index (χ1v) is 9.93. The van der Waals surface area contributed by atoms with Crippen LogP contribution in [0.15, 0.2) is 35.3 Å². The minimum Gasteiger partial charge on any atom is -0.497 e. The van der Waals surface area contributed by atoms with E-state index in [9.17, 15) is 4.79 Å². The third-order valence-electron chi connectivity index (χ3n) is 4.55. The molecule has 1 aromatic heterocycles. The van der Waals surface area contributed by atoms with Crippen molar-refractivity contribution in [2.75, 3.05) is 42.2 Å². The minimum absolute atomic E-state index is 0.312. The molecule has 0 fully saturated rings. The highest BCUT2D eigenvalue weighted by molar-refractivity contribution is 7.16. The number of hydrogen-bond acceptors (Lipinski definition) is 7. The summed E-state index contributed by atoms with van der Waals surface area (Å²) >= 11 is 1.34. The maximum Gasteiger partial charge on any atom is 0.283 e. The van der Waals surface area contributed by atoms with E-state index in [0.717, 1.165) is 10.2 Å². The Hall–Kier alpha value is -3.04. The van der Waals surface area contributed by atoms with Crippen molar-refractivity contribution in [1.29, 1.82) is 0 Å². The predicted molar refractivity (Wildman–Crippen MR) is 114 cm³/mol. The lowest BCUT2D eigenvalue weighted by Gasteiger charge is -2.10. The quantitative estimate of drug-likeness (QED) is 0.544. The summed E-state index contributed by atoms with van der Waals surface area (Å²) in [4.78, 5) is 18.0. The van der Waals surface area contributed by atoms with Crippen molar-refractivity contribution in [3.8, 4) is 23.0 Å². The molecule has 3 aromatic rings. The molecule has 1 amide bonds. The molecule has 0 spiro atoms. The smallest absolute Gasteiger partial charge is 0.283 e. The Morgan fingerprint density at radius 2 is 1.60 bits per heavy atom. The molecule has 0 N–H and O–H groups in total. The SMILES string of the molecule is COCCn1c(=NC(=O)c2cc(OC)ccc2OC)sc2c(OC)ccc(OC)c21. The molecule has 0 aliphatic rings. The average Bonchev–Trinajstić information content (AvgIpc) is 3.14. The largest absolute Gasteiger partial charge is 0.497 e. The molecule has 30 heavy (non-hydrogen) atoms. The van der Waals surface area contributed by atoms with Crippen molar-refractivity contribution >= 4 is 27.5 Å². The number of hydrogen-bond donors (Lipinski definition) is 0. The average molecular weight is 432 g/mol. The second-order valence-corrected chi connectivity index (χ2v) is 7.14. The number of amides is 1. The summed E-state index contributed by atoms with van der Waals surface area (Å²) in [6.45, 7) is 0.928. The van der Waals surface area contributed by atoms with Gasteiger partial charge in [0, 0.05) is 13.7 Å². The Morgan fingerprint density at radius 1 is 0.933 bits per heavy atom. The molecular formula is C21H24N2O6S. The standard InChI is InChI=1S/C21H24N2O6S/c1-25-11-10-23-18-16(28-4)8-9-17(29-5)19(18)30-21(23)22-20(24)14-12-13(26-2)6-7-15(14)27-3/h6-9,12H,10-11H2,1-5H3. The zero-order valence-corrected chi connectivity index (χ0v) is 18.4. The van der Waals surface area contributed by atoms with Crippen LogP contribution in [0.1, 0.15) is 10.4 Å². The number of ether oxygens (including phenoxy) is 5. The molecule has 0 saturated heterocycles. The van der Waals surface area contributed by atoms with Gasteiger partial charge in [-0.05, 0) is 30.3 Å². The first-order valence-electron chi connectivity index (χ1n) is 9.12. The number of fused-ring (bicyclic) bond motifs is 1. The van der Waals surface area contributed by atoms with E-state index in [1.165, 1.54) is 25.6 Å². The Labute approximate surface area is 178 Å². The monoisotopic (exact) mass is 432 g/mol. The first-order chi connectivity index (χ1) is 14.6. The zero-order valence-electron chi connectivity index (χ0n) is 17.6. The molecule has 0 aliphatic heterocycles. The predicted octanol–water partition coefficient (Wildman–Crippen LogP) is 3.12. The van der Waals surface area contributed by atoms with E-state index in [0.29, 0.717) is 46.5 Å². The lowest BCUT2D eigenvalue weighted by molar-refractivity contribution is 0.0994. The summed E-state index contributed by atoms with van der Waals surface area (Å²) in [5.41, 5.74) is 1.11. The first kappa shape index (κ1) is 21.7. The van der Waals surface area contributed by atoms with Crippen LogP contribution in [0.5, 0.6) is 23.0 Å². The molecule has 0 saturated carbocycles. The van der Waals surface area contributed by atoms with Gasteiger partial charge >= 0.3 is 0 Å². The van der Waals surface area contributed by atoms with Gasteiger partial charge in [-0.3, -0.25) is 4.79 Å². The number of thiazole rings is 1. The van der Waals surface area contributed by atoms with Gasteiger partial charge in [0.1, 0.15) is 33.2 Å². The maximum atomic E-state index is 13.1. The van der Waals surface area contributed by atoms with E-state index < -0.39 is 5.91 Å². The molecule has 1 heterocycles. The molecular weight excluding hydrogens is 408 g/mol. The minimum atomic E-state index is -0.443. The highest BCUT2D eigenvalue weighted by Crippen LogP contribution is 2.35. The second-order valence-electron chi connectivity index (χ2n) is 6.16. The van der Waals surface area contributed by atoms with Crippen molar-refractivity contribution < 1.29 is 28.5 Å². The Bertz CT molecular complexity index is 1120. The van der Waals surface area contributed by atoms with E-state index in [-0.39, 0.29) is 0 Å². The highest BCUT2D eigenvalue weighted by atomic mass is 32.1. The van der Waals surface area contributed by atoms with Crippen LogP contribution >= 0.6 is 11.3 Å². The fraction of sp³-hybridized carbons (Fsp3) is 0.333. The summed E-state index contributed by atoms with van der Waals surface area (Å²) in [6.07, 6.45) is 0. The van der Waals surface area contributed by atoms with Crippen LogP contribution in [0.3, 0.4) is 0 Å². The zero-order chi connectivity index (χ0) is 21.7. The second kappa shape index (κ2) is 9.64. The number of methoxy groups -OCH3 is 5. The summed E-state index contributed by atoms with van der Waals surface area (Å²) < 4.78 is 29.6. The molecule has 160 valence electrons. The number of carbonyl (C=O) groups is 1.